The van der Waals surface area contributed by atoms with E-state index in [9.17, 15) is 9.59 Å². The summed E-state index contributed by atoms with van der Waals surface area (Å²) in [6, 6.07) is 13.9. The third-order valence-corrected chi connectivity index (χ3v) is 6.59. The Labute approximate surface area is 205 Å². The van der Waals surface area contributed by atoms with Crippen LogP contribution >= 0.6 is 22.9 Å². The number of fused-ring (bicyclic) bond motifs is 1. The van der Waals surface area contributed by atoms with E-state index in [-0.39, 0.29) is 12.2 Å². The molecule has 34 heavy (non-hydrogen) atoms. The lowest BCUT2D eigenvalue weighted by Crippen LogP contribution is -2.40. The highest BCUT2D eigenvalue weighted by atomic mass is 35.5. The molecule has 0 amide bonds. The van der Waals surface area contributed by atoms with Crippen molar-refractivity contribution >= 4 is 35.0 Å². The highest BCUT2D eigenvalue weighted by Gasteiger charge is 2.34. The second-order valence-electron chi connectivity index (χ2n) is 7.49. The van der Waals surface area contributed by atoms with E-state index in [1.54, 1.807) is 38.1 Å². The first-order valence-electron chi connectivity index (χ1n) is 10.7. The molecule has 8 heteroatoms. The van der Waals surface area contributed by atoms with Gasteiger partial charge >= 0.3 is 5.97 Å². The minimum atomic E-state index is -0.735. The van der Waals surface area contributed by atoms with E-state index in [1.165, 1.54) is 15.9 Å². The molecule has 0 saturated carbocycles. The molecule has 0 bridgehead atoms. The maximum Gasteiger partial charge on any atom is 0.338 e. The molecule has 0 unspecified atom stereocenters. The molecular weight excluding hydrogens is 472 g/mol. The molecule has 3 aromatic rings. The smallest absolute Gasteiger partial charge is 0.338 e. The van der Waals surface area contributed by atoms with Gasteiger partial charge in [-0.1, -0.05) is 65.9 Å². The number of rotatable bonds is 7. The summed E-state index contributed by atoms with van der Waals surface area (Å²) in [5.74, 6) is 0.199. The minimum Gasteiger partial charge on any atom is -0.490 e. The number of aromatic nitrogens is 1. The average molecular weight is 495 g/mol. The Hall–Kier alpha value is -3.42. The third kappa shape index (κ3) is 4.62. The van der Waals surface area contributed by atoms with Crippen molar-refractivity contribution in [3.63, 3.8) is 0 Å². The molecule has 0 N–H and O–H groups in total. The van der Waals surface area contributed by atoms with Gasteiger partial charge in [-0.25, -0.2) is 9.79 Å². The third-order valence-electron chi connectivity index (χ3n) is 5.26. The van der Waals surface area contributed by atoms with Crippen molar-refractivity contribution in [2.45, 2.75) is 19.9 Å². The summed E-state index contributed by atoms with van der Waals surface area (Å²) in [5.41, 5.74) is 2.03. The average Bonchev–Trinajstić information content (AvgIpc) is 3.12. The van der Waals surface area contributed by atoms with Gasteiger partial charge in [0, 0.05) is 5.02 Å². The van der Waals surface area contributed by atoms with Crippen LogP contribution in [0.25, 0.3) is 6.08 Å². The zero-order chi connectivity index (χ0) is 24.2. The molecule has 1 aliphatic rings. The van der Waals surface area contributed by atoms with Gasteiger partial charge in [0.2, 0.25) is 0 Å². The first-order chi connectivity index (χ1) is 16.4. The lowest BCUT2D eigenvalue weighted by atomic mass is 9.96. The van der Waals surface area contributed by atoms with E-state index in [1.807, 2.05) is 36.4 Å². The highest BCUT2D eigenvalue weighted by Crippen LogP contribution is 2.34. The molecule has 1 aromatic heterocycles. The summed E-state index contributed by atoms with van der Waals surface area (Å²) >= 11 is 7.78. The van der Waals surface area contributed by atoms with Crippen LogP contribution < -0.4 is 19.6 Å². The number of carbonyl (C=O) groups excluding carboxylic acids is 1. The van der Waals surface area contributed by atoms with Crippen LogP contribution in [-0.2, 0) is 9.53 Å². The van der Waals surface area contributed by atoms with E-state index in [4.69, 9.17) is 21.1 Å². The predicted octanol–water partition coefficient (Wildman–Crippen LogP) is 4.02. The molecule has 0 fully saturated rings. The van der Waals surface area contributed by atoms with E-state index >= 15 is 0 Å². The normalized spacial score (nSPS) is 15.5. The number of nitrogens with zero attached hydrogens (tertiary/aromatic N) is 2. The Bertz CT molecular complexity index is 1450. The van der Waals surface area contributed by atoms with Crippen LogP contribution in [0.3, 0.4) is 0 Å². The monoisotopic (exact) mass is 494 g/mol. The topological polar surface area (TPSA) is 69.9 Å². The molecule has 174 valence electrons. The lowest BCUT2D eigenvalue weighted by molar-refractivity contribution is -0.139. The summed E-state index contributed by atoms with van der Waals surface area (Å²) < 4.78 is 12.8. The van der Waals surface area contributed by atoms with Crippen molar-refractivity contribution in [1.29, 1.82) is 0 Å². The van der Waals surface area contributed by atoms with E-state index < -0.39 is 12.0 Å². The second kappa shape index (κ2) is 10.2. The number of hydrogen-bond acceptors (Lipinski definition) is 6. The van der Waals surface area contributed by atoms with Crippen LogP contribution in [0.2, 0.25) is 5.02 Å². The second-order valence-corrected chi connectivity index (χ2v) is 8.91. The van der Waals surface area contributed by atoms with Crippen LogP contribution in [0, 0.1) is 0 Å². The van der Waals surface area contributed by atoms with E-state index in [0.29, 0.717) is 43.5 Å². The number of thiazole rings is 1. The fourth-order valence-electron chi connectivity index (χ4n) is 3.75. The quantitative estimate of drug-likeness (QED) is 0.367. The maximum atomic E-state index is 13.6. The minimum absolute atomic E-state index is 0.210. The summed E-state index contributed by atoms with van der Waals surface area (Å²) in [6.45, 7) is 7.75. The van der Waals surface area contributed by atoms with Gasteiger partial charge in [0.25, 0.3) is 5.56 Å². The van der Waals surface area contributed by atoms with Gasteiger partial charge in [-0.3, -0.25) is 9.36 Å². The van der Waals surface area contributed by atoms with Crippen molar-refractivity contribution in [3.8, 4) is 5.75 Å². The first kappa shape index (κ1) is 23.7. The fraction of sp³-hybridized carbons (Fsp3) is 0.192. The number of halogens is 1. The summed E-state index contributed by atoms with van der Waals surface area (Å²) in [5, 5.41) is 0.452. The molecular formula is C26H23ClN2O4S. The van der Waals surface area contributed by atoms with Crippen molar-refractivity contribution < 1.29 is 14.3 Å². The largest absolute Gasteiger partial charge is 0.490 e. The molecule has 0 radical (unpaired) electrons. The van der Waals surface area contributed by atoms with Gasteiger partial charge < -0.3 is 9.47 Å². The van der Waals surface area contributed by atoms with Gasteiger partial charge in [0.05, 0.1) is 22.4 Å². The zero-order valence-corrected chi connectivity index (χ0v) is 20.4. The van der Waals surface area contributed by atoms with Gasteiger partial charge in [0.1, 0.15) is 18.4 Å². The van der Waals surface area contributed by atoms with Gasteiger partial charge in [-0.05, 0) is 49.2 Å². The molecule has 6 nitrogen and oxygen atoms in total. The fourth-order valence-corrected chi connectivity index (χ4v) is 5.04. The SMILES string of the molecule is C=CCOc1ccc(/C=c2/sc3n(c2=O)[C@@H](c2ccccc2Cl)C(C(=O)OCC)=C(C)N=3)cc1. The van der Waals surface area contributed by atoms with Crippen LogP contribution in [0.1, 0.15) is 31.0 Å². The van der Waals surface area contributed by atoms with Crippen LogP contribution in [0.4, 0.5) is 0 Å². The van der Waals surface area contributed by atoms with E-state index in [0.717, 1.165) is 5.56 Å². The Balaban J connectivity index is 1.86. The van der Waals surface area contributed by atoms with Crippen molar-refractivity contribution in [2.24, 2.45) is 4.99 Å². The predicted molar refractivity (Wildman–Crippen MR) is 134 cm³/mol. The molecule has 0 spiro atoms. The first-order valence-corrected chi connectivity index (χ1v) is 11.9. The van der Waals surface area contributed by atoms with Crippen molar-refractivity contribution in [1.82, 2.24) is 4.57 Å². The molecule has 0 aliphatic carbocycles. The standard InChI is InChI=1S/C26H23ClN2O4S/c1-4-14-33-18-12-10-17(11-13-18)15-21-24(30)29-23(19-8-6-7-9-20(19)27)22(25(31)32-5-2)16(3)28-26(29)34-21/h4,6-13,15,23H,1,5,14H2,2-3H3/b21-15+/t23-/m0/s1. The molecule has 0 saturated heterocycles. The number of allylic oxidation sites excluding steroid dienone is 1. The van der Waals surface area contributed by atoms with Crippen molar-refractivity contribution in [3.05, 3.63) is 108 Å². The molecule has 1 aliphatic heterocycles. The number of ether oxygens (including phenoxy) is 2. The van der Waals surface area contributed by atoms with Crippen molar-refractivity contribution in [2.75, 3.05) is 13.2 Å². The van der Waals surface area contributed by atoms with Crippen LogP contribution in [-0.4, -0.2) is 23.8 Å². The summed E-state index contributed by atoms with van der Waals surface area (Å²) in [6.07, 6.45) is 3.48. The lowest BCUT2D eigenvalue weighted by Gasteiger charge is -2.25. The maximum absolute atomic E-state index is 13.6. The Kier molecular flexibility index (Phi) is 7.14. The Morgan fingerprint density at radius 2 is 1.97 bits per heavy atom. The molecule has 1 atom stereocenters. The molecule has 4 rings (SSSR count). The number of benzene rings is 2. The molecule has 2 aromatic carbocycles. The van der Waals surface area contributed by atoms with Gasteiger partial charge in [-0.15, -0.1) is 0 Å². The summed E-state index contributed by atoms with van der Waals surface area (Å²) in [4.78, 5) is 31.6. The van der Waals surface area contributed by atoms with E-state index in [2.05, 4.69) is 11.6 Å². The Morgan fingerprint density at radius 3 is 2.65 bits per heavy atom. The highest BCUT2D eigenvalue weighted by molar-refractivity contribution is 7.07. The van der Waals surface area contributed by atoms with Crippen LogP contribution in [0.15, 0.2) is 82.2 Å². The zero-order valence-electron chi connectivity index (χ0n) is 18.8. The Morgan fingerprint density at radius 1 is 1.24 bits per heavy atom. The van der Waals surface area contributed by atoms with Gasteiger partial charge in [0.15, 0.2) is 4.80 Å². The number of hydrogen-bond donors (Lipinski definition) is 0. The molecule has 2 heterocycles. The van der Waals surface area contributed by atoms with Gasteiger partial charge in [-0.2, -0.15) is 0 Å². The van der Waals surface area contributed by atoms with Crippen LogP contribution in [0.5, 0.6) is 5.75 Å². The number of carbonyl (C=O) groups is 1. The summed E-state index contributed by atoms with van der Waals surface area (Å²) in [7, 11) is 0. The number of esters is 1.